The maximum atomic E-state index is 8.89. The summed E-state index contributed by atoms with van der Waals surface area (Å²) >= 11 is 0. The summed E-state index contributed by atoms with van der Waals surface area (Å²) < 4.78 is 5.00. The molecule has 4 nitrogen and oxygen atoms in total. The molecule has 0 saturated carbocycles. The first-order chi connectivity index (χ1) is 9.19. The minimum Gasteiger partial charge on any atom is -0.508 e. The lowest BCUT2D eigenvalue weighted by Gasteiger charge is -2.00. The van der Waals surface area contributed by atoms with Gasteiger partial charge in [0.2, 0.25) is 0 Å². The standard InChI is InChI=1S/C8H11NO.C7H9NO.BrH/c1-10-8-4-2-3-7(5-8)6-9;8-5-6-2-1-3-7(9)4-6;/h2-5H,6,9H2,1H3;1-4,9H,5,8H2;1H. The maximum absolute atomic E-state index is 8.89. The van der Waals surface area contributed by atoms with Gasteiger partial charge in [-0.15, -0.1) is 17.0 Å². The predicted molar refractivity (Wildman–Crippen MR) is 87.2 cm³/mol. The molecule has 0 spiro atoms. The molecule has 0 heterocycles. The fourth-order valence-corrected chi connectivity index (χ4v) is 1.48. The van der Waals surface area contributed by atoms with Crippen molar-refractivity contribution in [1.29, 1.82) is 0 Å². The lowest BCUT2D eigenvalue weighted by molar-refractivity contribution is 0.414. The van der Waals surface area contributed by atoms with E-state index < -0.39 is 0 Å². The Morgan fingerprint density at radius 3 is 1.95 bits per heavy atom. The molecule has 0 aromatic heterocycles. The van der Waals surface area contributed by atoms with Crippen molar-refractivity contribution in [2.45, 2.75) is 13.1 Å². The number of phenols is 1. The van der Waals surface area contributed by atoms with Gasteiger partial charge in [-0.05, 0) is 35.4 Å². The first-order valence-electron chi connectivity index (χ1n) is 6.00. The third-order valence-electron chi connectivity index (χ3n) is 2.52. The summed E-state index contributed by atoms with van der Waals surface area (Å²) in [4.78, 5) is 0. The molecule has 2 rings (SSSR count). The number of hydrogen-bond acceptors (Lipinski definition) is 4. The average Bonchev–Trinajstić information content (AvgIpc) is 2.48. The number of ether oxygens (including phenoxy) is 1. The Bertz CT molecular complexity index is 487. The lowest BCUT2D eigenvalue weighted by atomic mass is 10.2. The fraction of sp³-hybridized carbons (Fsp3) is 0.200. The minimum absolute atomic E-state index is 0. The molecule has 0 amide bonds. The predicted octanol–water partition coefficient (Wildman–Crippen LogP) is 2.58. The van der Waals surface area contributed by atoms with Crippen LogP contribution in [0.15, 0.2) is 48.5 Å². The van der Waals surface area contributed by atoms with E-state index in [1.807, 2.05) is 30.3 Å². The van der Waals surface area contributed by atoms with Crippen molar-refractivity contribution in [3.8, 4) is 11.5 Å². The molecule has 2 aromatic carbocycles. The topological polar surface area (TPSA) is 81.5 Å². The van der Waals surface area contributed by atoms with Crippen LogP contribution in [0.1, 0.15) is 11.1 Å². The van der Waals surface area contributed by atoms with Crippen molar-refractivity contribution in [2.75, 3.05) is 7.11 Å². The molecule has 0 radical (unpaired) electrons. The highest BCUT2D eigenvalue weighted by Crippen LogP contribution is 2.11. The second-order valence-electron chi connectivity index (χ2n) is 3.93. The van der Waals surface area contributed by atoms with Gasteiger partial charge in [0.1, 0.15) is 11.5 Å². The van der Waals surface area contributed by atoms with E-state index in [1.165, 1.54) is 0 Å². The van der Waals surface area contributed by atoms with Gasteiger partial charge in [0.25, 0.3) is 0 Å². The van der Waals surface area contributed by atoms with Crippen molar-refractivity contribution in [1.82, 2.24) is 0 Å². The highest BCUT2D eigenvalue weighted by Gasteiger charge is 1.90. The van der Waals surface area contributed by atoms with Crippen LogP contribution >= 0.6 is 17.0 Å². The quantitative estimate of drug-likeness (QED) is 0.802. The van der Waals surface area contributed by atoms with Gasteiger partial charge in [-0.2, -0.15) is 0 Å². The van der Waals surface area contributed by atoms with Gasteiger partial charge in [0, 0.05) is 13.1 Å². The minimum atomic E-state index is 0. The van der Waals surface area contributed by atoms with E-state index in [0.717, 1.165) is 16.9 Å². The van der Waals surface area contributed by atoms with E-state index >= 15 is 0 Å². The van der Waals surface area contributed by atoms with Crippen molar-refractivity contribution in [3.05, 3.63) is 59.7 Å². The molecule has 5 heteroatoms. The zero-order valence-electron chi connectivity index (χ0n) is 11.5. The molecule has 0 bridgehead atoms. The Morgan fingerprint density at radius 2 is 1.50 bits per heavy atom. The molecule has 0 atom stereocenters. The number of nitrogens with two attached hydrogens (primary N) is 2. The first kappa shape index (κ1) is 18.4. The highest BCUT2D eigenvalue weighted by atomic mass is 79.9. The van der Waals surface area contributed by atoms with E-state index in [4.69, 9.17) is 21.3 Å². The number of hydrogen-bond donors (Lipinski definition) is 3. The van der Waals surface area contributed by atoms with E-state index in [2.05, 4.69) is 0 Å². The highest BCUT2D eigenvalue weighted by molar-refractivity contribution is 8.93. The van der Waals surface area contributed by atoms with Gasteiger partial charge >= 0.3 is 0 Å². The number of methoxy groups -OCH3 is 1. The van der Waals surface area contributed by atoms with Crippen molar-refractivity contribution in [2.24, 2.45) is 11.5 Å². The normalized spacial score (nSPS) is 8.95. The zero-order valence-corrected chi connectivity index (χ0v) is 13.2. The Balaban J connectivity index is 0.000000345. The summed E-state index contributed by atoms with van der Waals surface area (Å²) in [5.41, 5.74) is 12.8. The van der Waals surface area contributed by atoms with Crippen LogP contribution in [0.5, 0.6) is 11.5 Å². The van der Waals surface area contributed by atoms with Crippen molar-refractivity contribution < 1.29 is 9.84 Å². The Morgan fingerprint density at radius 1 is 0.950 bits per heavy atom. The number of halogens is 1. The Kier molecular flexibility index (Phi) is 9.45. The van der Waals surface area contributed by atoms with Crippen LogP contribution in [-0.2, 0) is 13.1 Å². The molecule has 0 saturated heterocycles. The van der Waals surface area contributed by atoms with Crippen LogP contribution in [-0.4, -0.2) is 12.2 Å². The molecule has 0 aliphatic carbocycles. The third-order valence-corrected chi connectivity index (χ3v) is 2.52. The second kappa shape index (κ2) is 10.3. The van der Waals surface area contributed by atoms with Gasteiger partial charge in [0.15, 0.2) is 0 Å². The number of phenolic OH excluding ortho intramolecular Hbond substituents is 1. The van der Waals surface area contributed by atoms with Gasteiger partial charge in [0.05, 0.1) is 7.11 Å². The summed E-state index contributed by atoms with van der Waals surface area (Å²) in [6.45, 7) is 1.05. The van der Waals surface area contributed by atoms with E-state index in [9.17, 15) is 0 Å². The average molecular weight is 341 g/mol. The number of aromatic hydroxyl groups is 1. The molecule has 5 N–H and O–H groups in total. The second-order valence-corrected chi connectivity index (χ2v) is 3.93. The molecule has 0 unspecified atom stereocenters. The molecule has 0 aliphatic rings. The molecule has 20 heavy (non-hydrogen) atoms. The van der Waals surface area contributed by atoms with Crippen molar-refractivity contribution in [3.63, 3.8) is 0 Å². The van der Waals surface area contributed by atoms with Crippen LogP contribution in [0.3, 0.4) is 0 Å². The molecule has 0 aliphatic heterocycles. The van der Waals surface area contributed by atoms with Crippen LogP contribution in [0.25, 0.3) is 0 Å². The van der Waals surface area contributed by atoms with Gasteiger partial charge < -0.3 is 21.3 Å². The van der Waals surface area contributed by atoms with Crippen LogP contribution < -0.4 is 16.2 Å². The van der Waals surface area contributed by atoms with Crippen LogP contribution in [0.2, 0.25) is 0 Å². The maximum Gasteiger partial charge on any atom is 0.119 e. The summed E-state index contributed by atoms with van der Waals surface area (Å²) in [6, 6.07) is 14.7. The van der Waals surface area contributed by atoms with Gasteiger partial charge in [-0.25, -0.2) is 0 Å². The van der Waals surface area contributed by atoms with Gasteiger partial charge in [-0.3, -0.25) is 0 Å². The summed E-state index contributed by atoms with van der Waals surface area (Å²) in [7, 11) is 1.65. The van der Waals surface area contributed by atoms with E-state index in [-0.39, 0.29) is 22.7 Å². The summed E-state index contributed by atoms with van der Waals surface area (Å²) in [6.07, 6.45) is 0. The fourth-order valence-electron chi connectivity index (χ4n) is 1.48. The van der Waals surface area contributed by atoms with Crippen LogP contribution in [0, 0.1) is 0 Å². The Labute approximate surface area is 130 Å². The SMILES string of the molecule is Br.COc1cccc(CN)c1.NCc1cccc(O)c1. The molecule has 110 valence electrons. The van der Waals surface area contributed by atoms with Crippen molar-refractivity contribution >= 4 is 17.0 Å². The molecule has 2 aromatic rings. The van der Waals surface area contributed by atoms with E-state index in [0.29, 0.717) is 13.1 Å². The Hall–Kier alpha value is -1.56. The molecular weight excluding hydrogens is 320 g/mol. The van der Waals surface area contributed by atoms with E-state index in [1.54, 1.807) is 25.3 Å². The molecular formula is C15H21BrN2O2. The summed E-state index contributed by atoms with van der Waals surface area (Å²) in [5.74, 6) is 1.14. The monoisotopic (exact) mass is 340 g/mol. The zero-order chi connectivity index (χ0) is 14.1. The number of benzene rings is 2. The first-order valence-corrected chi connectivity index (χ1v) is 6.00. The van der Waals surface area contributed by atoms with Gasteiger partial charge in [-0.1, -0.05) is 24.3 Å². The lowest BCUT2D eigenvalue weighted by Crippen LogP contribution is -1.95. The van der Waals surface area contributed by atoms with Crippen LogP contribution in [0.4, 0.5) is 0 Å². The molecule has 0 fully saturated rings. The third kappa shape index (κ3) is 6.56. The largest absolute Gasteiger partial charge is 0.508 e. The smallest absolute Gasteiger partial charge is 0.119 e. The summed E-state index contributed by atoms with van der Waals surface area (Å²) in [5, 5.41) is 8.89. The number of rotatable bonds is 3.